The van der Waals surface area contributed by atoms with Crippen LogP contribution in [0.1, 0.15) is 10.4 Å². The highest BCUT2D eigenvalue weighted by atomic mass is 35.5. The number of aromatic hydroxyl groups is 1. The molecule has 5 nitrogen and oxygen atoms in total. The Morgan fingerprint density at radius 1 is 1.28 bits per heavy atom. The minimum Gasteiger partial charge on any atom is -0.507 e. The van der Waals surface area contributed by atoms with Crippen molar-refractivity contribution in [3.8, 4) is 5.75 Å². The number of phenolic OH excluding ortho intramolecular Hbond substituents is 1. The second-order valence-corrected chi connectivity index (χ2v) is 4.10. The Labute approximate surface area is 112 Å². The second-order valence-electron chi connectivity index (χ2n) is 3.33. The molecule has 0 radical (unpaired) electrons. The molecule has 1 heterocycles. The fraction of sp³-hybridized carbons (Fsp3) is 0. The summed E-state index contributed by atoms with van der Waals surface area (Å²) in [4.78, 5) is 19.3. The van der Waals surface area contributed by atoms with Crippen LogP contribution in [0.4, 0.5) is 5.82 Å². The average Bonchev–Trinajstić information content (AvgIpc) is 2.32. The monoisotopic (exact) mass is 283 g/mol. The Morgan fingerprint density at radius 2 is 2.06 bits per heavy atom. The summed E-state index contributed by atoms with van der Waals surface area (Å²) < 4.78 is 0. The SMILES string of the molecule is O=C(Nc1ccnc(Cl)n1)c1cc(Cl)ccc1O. The van der Waals surface area contributed by atoms with Crippen LogP contribution < -0.4 is 5.32 Å². The van der Waals surface area contributed by atoms with Gasteiger partial charge < -0.3 is 10.4 Å². The summed E-state index contributed by atoms with van der Waals surface area (Å²) in [6.07, 6.45) is 1.41. The van der Waals surface area contributed by atoms with Gasteiger partial charge in [-0.2, -0.15) is 0 Å². The topological polar surface area (TPSA) is 75.1 Å². The molecule has 1 aromatic carbocycles. The standard InChI is InChI=1S/C11H7Cl2N3O2/c12-6-1-2-8(17)7(5-6)10(18)15-9-3-4-14-11(13)16-9/h1-5,17H,(H,14,15,16,18). The molecule has 1 aromatic heterocycles. The lowest BCUT2D eigenvalue weighted by Gasteiger charge is -2.06. The van der Waals surface area contributed by atoms with E-state index in [1.54, 1.807) is 0 Å². The predicted octanol–water partition coefficient (Wildman–Crippen LogP) is 2.74. The van der Waals surface area contributed by atoms with Gasteiger partial charge in [0.15, 0.2) is 0 Å². The molecule has 1 amide bonds. The minimum atomic E-state index is -0.537. The van der Waals surface area contributed by atoms with Gasteiger partial charge in [-0.05, 0) is 35.9 Å². The Hall–Kier alpha value is -1.85. The Morgan fingerprint density at radius 3 is 2.78 bits per heavy atom. The fourth-order valence-corrected chi connectivity index (χ4v) is 1.60. The third-order valence-corrected chi connectivity index (χ3v) is 2.49. The zero-order valence-electron chi connectivity index (χ0n) is 8.89. The van der Waals surface area contributed by atoms with Crippen molar-refractivity contribution in [2.45, 2.75) is 0 Å². The molecule has 0 spiro atoms. The van der Waals surface area contributed by atoms with Crippen LogP contribution in [0, 0.1) is 0 Å². The smallest absolute Gasteiger partial charge is 0.260 e. The van der Waals surface area contributed by atoms with E-state index in [2.05, 4.69) is 15.3 Å². The number of hydrogen-bond donors (Lipinski definition) is 2. The number of benzene rings is 1. The molecular formula is C11H7Cl2N3O2. The van der Waals surface area contributed by atoms with E-state index in [1.807, 2.05) is 0 Å². The molecule has 0 saturated carbocycles. The number of amides is 1. The van der Waals surface area contributed by atoms with E-state index in [1.165, 1.54) is 30.5 Å². The van der Waals surface area contributed by atoms with E-state index in [9.17, 15) is 9.90 Å². The van der Waals surface area contributed by atoms with Crippen molar-refractivity contribution in [2.24, 2.45) is 0 Å². The summed E-state index contributed by atoms with van der Waals surface area (Å²) >= 11 is 11.3. The molecule has 2 rings (SSSR count). The van der Waals surface area contributed by atoms with Crippen LogP contribution in [-0.2, 0) is 0 Å². The van der Waals surface area contributed by atoms with Crippen LogP contribution in [0.15, 0.2) is 30.5 Å². The van der Waals surface area contributed by atoms with Crippen LogP contribution in [0.2, 0.25) is 10.3 Å². The molecule has 0 aliphatic heterocycles. The van der Waals surface area contributed by atoms with Gasteiger partial charge >= 0.3 is 0 Å². The molecule has 0 saturated heterocycles. The maximum absolute atomic E-state index is 11.9. The van der Waals surface area contributed by atoms with E-state index in [4.69, 9.17) is 23.2 Å². The molecule has 2 aromatic rings. The highest BCUT2D eigenvalue weighted by Gasteiger charge is 2.12. The number of aromatic nitrogens is 2. The zero-order valence-corrected chi connectivity index (χ0v) is 10.4. The predicted molar refractivity (Wildman–Crippen MR) is 68.1 cm³/mol. The first-order valence-electron chi connectivity index (χ1n) is 4.84. The Bertz CT molecular complexity index is 605. The fourth-order valence-electron chi connectivity index (χ4n) is 1.28. The van der Waals surface area contributed by atoms with Crippen molar-refractivity contribution in [1.82, 2.24) is 9.97 Å². The summed E-state index contributed by atoms with van der Waals surface area (Å²) in [5.41, 5.74) is 0.0530. The number of rotatable bonds is 2. The van der Waals surface area contributed by atoms with Crippen LogP contribution in [0.5, 0.6) is 5.75 Å². The van der Waals surface area contributed by atoms with Crippen molar-refractivity contribution in [3.63, 3.8) is 0 Å². The van der Waals surface area contributed by atoms with Gasteiger partial charge in [0.05, 0.1) is 5.56 Å². The molecule has 0 fully saturated rings. The van der Waals surface area contributed by atoms with Crippen molar-refractivity contribution < 1.29 is 9.90 Å². The highest BCUT2D eigenvalue weighted by molar-refractivity contribution is 6.31. The maximum Gasteiger partial charge on any atom is 0.260 e. The van der Waals surface area contributed by atoms with Gasteiger partial charge in [0.25, 0.3) is 5.91 Å². The summed E-state index contributed by atoms with van der Waals surface area (Å²) in [5, 5.41) is 12.4. The van der Waals surface area contributed by atoms with Crippen molar-refractivity contribution in [3.05, 3.63) is 46.3 Å². The molecule has 18 heavy (non-hydrogen) atoms. The lowest BCUT2D eigenvalue weighted by molar-refractivity contribution is 0.102. The number of hydrogen-bond acceptors (Lipinski definition) is 4. The van der Waals surface area contributed by atoms with Gasteiger partial charge in [-0.15, -0.1) is 0 Å². The van der Waals surface area contributed by atoms with E-state index >= 15 is 0 Å². The molecule has 0 bridgehead atoms. The molecule has 0 atom stereocenters. The van der Waals surface area contributed by atoms with Gasteiger partial charge in [-0.1, -0.05) is 11.6 Å². The summed E-state index contributed by atoms with van der Waals surface area (Å²) in [6, 6.07) is 5.65. The van der Waals surface area contributed by atoms with E-state index in [0.29, 0.717) is 5.02 Å². The quantitative estimate of drug-likeness (QED) is 0.831. The number of nitrogens with zero attached hydrogens (tertiary/aromatic N) is 2. The van der Waals surface area contributed by atoms with Crippen LogP contribution in [0.3, 0.4) is 0 Å². The molecular weight excluding hydrogens is 277 g/mol. The third-order valence-electron chi connectivity index (χ3n) is 2.07. The number of anilines is 1. The number of phenols is 1. The largest absolute Gasteiger partial charge is 0.507 e. The first-order valence-corrected chi connectivity index (χ1v) is 5.60. The Balaban J connectivity index is 2.24. The lowest BCUT2D eigenvalue weighted by Crippen LogP contribution is -2.13. The van der Waals surface area contributed by atoms with E-state index in [-0.39, 0.29) is 22.4 Å². The van der Waals surface area contributed by atoms with Crippen LogP contribution in [0.25, 0.3) is 0 Å². The highest BCUT2D eigenvalue weighted by Crippen LogP contribution is 2.22. The first-order chi connectivity index (χ1) is 8.56. The van der Waals surface area contributed by atoms with Crippen molar-refractivity contribution >= 4 is 34.9 Å². The molecule has 7 heteroatoms. The van der Waals surface area contributed by atoms with Crippen molar-refractivity contribution in [1.29, 1.82) is 0 Å². The van der Waals surface area contributed by atoms with Crippen LogP contribution >= 0.6 is 23.2 Å². The van der Waals surface area contributed by atoms with Crippen LogP contribution in [-0.4, -0.2) is 21.0 Å². The van der Waals surface area contributed by atoms with E-state index < -0.39 is 5.91 Å². The summed E-state index contributed by atoms with van der Waals surface area (Å²) in [5.74, 6) is -0.471. The number of halogens is 2. The average molecular weight is 284 g/mol. The summed E-state index contributed by atoms with van der Waals surface area (Å²) in [7, 11) is 0. The van der Waals surface area contributed by atoms with Gasteiger partial charge in [-0.3, -0.25) is 4.79 Å². The first kappa shape index (κ1) is 12.6. The minimum absolute atomic E-state index is 0.0168. The molecule has 0 aliphatic rings. The molecule has 0 aliphatic carbocycles. The third kappa shape index (κ3) is 2.88. The van der Waals surface area contributed by atoms with Crippen molar-refractivity contribution in [2.75, 3.05) is 5.32 Å². The molecule has 2 N–H and O–H groups in total. The van der Waals surface area contributed by atoms with Gasteiger partial charge in [0.1, 0.15) is 11.6 Å². The number of carbonyl (C=O) groups excluding carboxylic acids is 1. The van der Waals surface area contributed by atoms with Gasteiger partial charge in [0.2, 0.25) is 5.28 Å². The number of nitrogens with one attached hydrogen (secondary N) is 1. The molecule has 92 valence electrons. The maximum atomic E-state index is 11.9. The number of carbonyl (C=O) groups is 1. The Kier molecular flexibility index (Phi) is 3.64. The normalized spacial score (nSPS) is 10.1. The summed E-state index contributed by atoms with van der Waals surface area (Å²) in [6.45, 7) is 0. The van der Waals surface area contributed by atoms with Gasteiger partial charge in [0, 0.05) is 11.2 Å². The lowest BCUT2D eigenvalue weighted by atomic mass is 10.2. The zero-order chi connectivity index (χ0) is 13.1. The second kappa shape index (κ2) is 5.20. The van der Waals surface area contributed by atoms with Gasteiger partial charge in [-0.25, -0.2) is 9.97 Å². The van der Waals surface area contributed by atoms with E-state index in [0.717, 1.165) is 0 Å². The molecule has 0 unspecified atom stereocenters.